The molecule has 0 amide bonds. The first kappa shape index (κ1) is 14.0. The summed E-state index contributed by atoms with van der Waals surface area (Å²) < 4.78 is 19.4. The molecular formula is C12H10BrClFN3O. The molecule has 0 aliphatic carbocycles. The highest BCUT2D eigenvalue weighted by atomic mass is 79.9. The van der Waals surface area contributed by atoms with Crippen molar-refractivity contribution in [2.24, 2.45) is 0 Å². The lowest BCUT2D eigenvalue weighted by molar-refractivity contribution is 0.454. The van der Waals surface area contributed by atoms with Gasteiger partial charge in [0.05, 0.1) is 9.50 Å². The zero-order chi connectivity index (χ0) is 13.8. The predicted octanol–water partition coefficient (Wildman–Crippen LogP) is 4.26. The van der Waals surface area contributed by atoms with Crippen molar-refractivity contribution in [2.45, 2.75) is 6.92 Å². The van der Waals surface area contributed by atoms with E-state index in [1.807, 2.05) is 6.92 Å². The second kappa shape index (κ2) is 6.16. The first-order valence-electron chi connectivity index (χ1n) is 5.49. The molecule has 19 heavy (non-hydrogen) atoms. The van der Waals surface area contributed by atoms with E-state index < -0.39 is 5.82 Å². The summed E-state index contributed by atoms with van der Waals surface area (Å²) in [6, 6.07) is 4.21. The third kappa shape index (κ3) is 3.54. The molecule has 0 bridgehead atoms. The summed E-state index contributed by atoms with van der Waals surface area (Å²) in [4.78, 5) is 8.15. The third-order valence-corrected chi connectivity index (χ3v) is 3.06. The molecular weight excluding hydrogens is 337 g/mol. The average molecular weight is 347 g/mol. The van der Waals surface area contributed by atoms with Crippen LogP contribution in [0.15, 0.2) is 28.9 Å². The lowest BCUT2D eigenvalue weighted by Crippen LogP contribution is -2.02. The maximum absolute atomic E-state index is 13.4. The molecule has 0 spiro atoms. The van der Waals surface area contributed by atoms with Crippen molar-refractivity contribution in [1.82, 2.24) is 9.97 Å². The number of hydrogen-bond donors (Lipinski definition) is 1. The molecule has 0 atom stereocenters. The lowest BCUT2D eigenvalue weighted by Gasteiger charge is -2.08. The Bertz CT molecular complexity index is 597. The van der Waals surface area contributed by atoms with Gasteiger partial charge in [-0.2, -0.15) is 4.98 Å². The van der Waals surface area contributed by atoms with E-state index in [1.54, 1.807) is 12.3 Å². The van der Waals surface area contributed by atoms with E-state index in [2.05, 4.69) is 31.2 Å². The normalized spacial score (nSPS) is 10.3. The van der Waals surface area contributed by atoms with E-state index in [1.165, 1.54) is 12.1 Å². The summed E-state index contributed by atoms with van der Waals surface area (Å²) in [5.74, 6) is 0.503. The fraction of sp³-hybridized carbons (Fsp3) is 0.167. The maximum atomic E-state index is 13.4. The Labute approximate surface area is 123 Å². The van der Waals surface area contributed by atoms with Crippen LogP contribution in [0.4, 0.5) is 10.3 Å². The van der Waals surface area contributed by atoms with Crippen molar-refractivity contribution in [1.29, 1.82) is 0 Å². The molecule has 2 aromatic rings. The van der Waals surface area contributed by atoms with Gasteiger partial charge in [0, 0.05) is 24.9 Å². The molecule has 0 radical (unpaired) electrons. The molecule has 4 nitrogen and oxygen atoms in total. The Morgan fingerprint density at radius 3 is 3.00 bits per heavy atom. The van der Waals surface area contributed by atoms with Gasteiger partial charge in [-0.05, 0) is 28.9 Å². The van der Waals surface area contributed by atoms with Crippen LogP contribution in [-0.4, -0.2) is 16.5 Å². The van der Waals surface area contributed by atoms with Gasteiger partial charge in [-0.25, -0.2) is 9.37 Å². The third-order valence-electron chi connectivity index (χ3n) is 2.15. The first-order valence-corrected chi connectivity index (χ1v) is 6.66. The molecule has 0 unspecified atom stereocenters. The van der Waals surface area contributed by atoms with Crippen molar-refractivity contribution in [3.63, 3.8) is 0 Å². The zero-order valence-corrected chi connectivity index (χ0v) is 12.3. The standard InChI is InChI=1S/C12H10BrClFN3O/c1-2-16-12-17-4-3-11(18-12)19-10-6-9(15)8(14)5-7(10)13/h3-6H,2H2,1H3,(H,16,17,18). The molecule has 100 valence electrons. The Kier molecular flexibility index (Phi) is 4.55. The van der Waals surface area contributed by atoms with E-state index in [-0.39, 0.29) is 5.02 Å². The minimum atomic E-state index is -0.555. The number of nitrogens with zero attached hydrogens (tertiary/aromatic N) is 2. The number of aromatic nitrogens is 2. The van der Waals surface area contributed by atoms with E-state index in [9.17, 15) is 4.39 Å². The van der Waals surface area contributed by atoms with Gasteiger partial charge in [-0.3, -0.25) is 0 Å². The molecule has 1 aromatic carbocycles. The monoisotopic (exact) mass is 345 g/mol. The molecule has 1 aromatic heterocycles. The van der Waals surface area contributed by atoms with Gasteiger partial charge in [0.15, 0.2) is 0 Å². The number of hydrogen-bond acceptors (Lipinski definition) is 4. The van der Waals surface area contributed by atoms with Crippen molar-refractivity contribution in [3.8, 4) is 11.6 Å². The summed E-state index contributed by atoms with van der Waals surface area (Å²) in [7, 11) is 0. The topological polar surface area (TPSA) is 47.0 Å². The lowest BCUT2D eigenvalue weighted by atomic mass is 10.3. The molecule has 0 saturated heterocycles. The van der Waals surface area contributed by atoms with Crippen LogP contribution in [0, 0.1) is 5.82 Å². The summed E-state index contributed by atoms with van der Waals surface area (Å²) in [6.07, 6.45) is 1.56. The van der Waals surface area contributed by atoms with Crippen molar-refractivity contribution in [2.75, 3.05) is 11.9 Å². The minimum Gasteiger partial charge on any atom is -0.438 e. The fourth-order valence-corrected chi connectivity index (χ4v) is 2.06. The SMILES string of the molecule is CCNc1nccc(Oc2cc(F)c(Cl)cc2Br)n1. The summed E-state index contributed by atoms with van der Waals surface area (Å²) in [6.45, 7) is 2.63. The molecule has 7 heteroatoms. The molecule has 1 N–H and O–H groups in total. The molecule has 1 heterocycles. The number of nitrogens with one attached hydrogen (secondary N) is 1. The Morgan fingerprint density at radius 2 is 2.26 bits per heavy atom. The van der Waals surface area contributed by atoms with Gasteiger partial charge in [-0.1, -0.05) is 11.6 Å². The number of rotatable bonds is 4. The molecule has 0 saturated carbocycles. The van der Waals surface area contributed by atoms with E-state index in [0.29, 0.717) is 28.6 Å². The second-order valence-electron chi connectivity index (χ2n) is 3.55. The van der Waals surface area contributed by atoms with Crippen LogP contribution < -0.4 is 10.1 Å². The van der Waals surface area contributed by atoms with Gasteiger partial charge in [0.1, 0.15) is 11.6 Å². The molecule has 2 rings (SSSR count). The van der Waals surface area contributed by atoms with Crippen LogP contribution in [-0.2, 0) is 0 Å². The summed E-state index contributed by atoms with van der Waals surface area (Å²) in [5, 5.41) is 2.98. The van der Waals surface area contributed by atoms with Gasteiger partial charge >= 0.3 is 0 Å². The van der Waals surface area contributed by atoms with Crippen molar-refractivity contribution in [3.05, 3.63) is 39.7 Å². The first-order chi connectivity index (χ1) is 9.10. The average Bonchev–Trinajstić information content (AvgIpc) is 2.37. The number of anilines is 1. The summed E-state index contributed by atoms with van der Waals surface area (Å²) >= 11 is 8.91. The van der Waals surface area contributed by atoms with E-state index in [4.69, 9.17) is 16.3 Å². The minimum absolute atomic E-state index is 0.0234. The van der Waals surface area contributed by atoms with Crippen LogP contribution >= 0.6 is 27.5 Å². The number of ether oxygens (including phenoxy) is 1. The van der Waals surface area contributed by atoms with Crippen molar-refractivity contribution >= 4 is 33.5 Å². The molecule has 0 aliphatic heterocycles. The highest BCUT2D eigenvalue weighted by molar-refractivity contribution is 9.10. The number of benzene rings is 1. The molecule has 0 aliphatic rings. The highest BCUT2D eigenvalue weighted by Crippen LogP contribution is 2.33. The van der Waals surface area contributed by atoms with Crippen LogP contribution in [0.3, 0.4) is 0 Å². The van der Waals surface area contributed by atoms with Gasteiger partial charge < -0.3 is 10.1 Å². The van der Waals surface area contributed by atoms with Crippen molar-refractivity contribution < 1.29 is 9.13 Å². The Balaban J connectivity index is 2.25. The molecule has 0 fully saturated rings. The van der Waals surface area contributed by atoms with Gasteiger partial charge in [-0.15, -0.1) is 0 Å². The highest BCUT2D eigenvalue weighted by Gasteiger charge is 2.10. The maximum Gasteiger partial charge on any atom is 0.225 e. The van der Waals surface area contributed by atoms with Gasteiger partial charge in [0.25, 0.3) is 0 Å². The van der Waals surface area contributed by atoms with Crippen LogP contribution in [0.25, 0.3) is 0 Å². The second-order valence-corrected chi connectivity index (χ2v) is 4.81. The van der Waals surface area contributed by atoms with Crippen LogP contribution in [0.2, 0.25) is 5.02 Å². The Hall–Kier alpha value is -1.40. The largest absolute Gasteiger partial charge is 0.438 e. The quantitative estimate of drug-likeness (QED) is 0.841. The van der Waals surface area contributed by atoms with E-state index in [0.717, 1.165) is 0 Å². The number of halogens is 3. The predicted molar refractivity (Wildman–Crippen MR) is 75.4 cm³/mol. The smallest absolute Gasteiger partial charge is 0.225 e. The summed E-state index contributed by atoms with van der Waals surface area (Å²) in [5.41, 5.74) is 0. The van der Waals surface area contributed by atoms with Crippen LogP contribution in [0.1, 0.15) is 6.92 Å². The fourth-order valence-electron chi connectivity index (χ4n) is 1.34. The zero-order valence-electron chi connectivity index (χ0n) is 9.95. The van der Waals surface area contributed by atoms with Gasteiger partial charge in [0.2, 0.25) is 11.8 Å². The van der Waals surface area contributed by atoms with Crippen LogP contribution in [0.5, 0.6) is 11.6 Å². The Morgan fingerprint density at radius 1 is 1.47 bits per heavy atom. The van der Waals surface area contributed by atoms with E-state index >= 15 is 0 Å².